The summed E-state index contributed by atoms with van der Waals surface area (Å²) in [6.07, 6.45) is 1.69. The van der Waals surface area contributed by atoms with E-state index < -0.39 is 0 Å². The van der Waals surface area contributed by atoms with E-state index in [0.29, 0.717) is 32.1 Å². The molecule has 31 heavy (non-hydrogen) atoms. The number of pyridine rings is 1. The summed E-state index contributed by atoms with van der Waals surface area (Å²) in [6.45, 7) is 4.03. The summed E-state index contributed by atoms with van der Waals surface area (Å²) in [5.74, 6) is 2.84. The Labute approximate surface area is 181 Å². The van der Waals surface area contributed by atoms with Gasteiger partial charge in [-0.3, -0.25) is 0 Å². The van der Waals surface area contributed by atoms with Gasteiger partial charge in [0.25, 0.3) is 0 Å². The molecule has 0 aliphatic carbocycles. The van der Waals surface area contributed by atoms with Gasteiger partial charge in [-0.1, -0.05) is 37.3 Å². The van der Waals surface area contributed by atoms with Gasteiger partial charge in [0, 0.05) is 12.0 Å². The molecular formula is C25H26N4O2. The largest absolute Gasteiger partial charge is 0.486 e. The fourth-order valence-corrected chi connectivity index (χ4v) is 3.91. The van der Waals surface area contributed by atoms with Crippen molar-refractivity contribution in [3.8, 4) is 22.8 Å². The van der Waals surface area contributed by atoms with Crippen LogP contribution in [-0.4, -0.2) is 34.4 Å². The Morgan fingerprint density at radius 1 is 0.968 bits per heavy atom. The van der Waals surface area contributed by atoms with Crippen LogP contribution in [0.5, 0.6) is 11.5 Å². The van der Waals surface area contributed by atoms with Crippen molar-refractivity contribution >= 4 is 5.65 Å². The highest BCUT2D eigenvalue weighted by Crippen LogP contribution is 2.34. The normalized spacial score (nSPS) is 14.0. The molecule has 1 atom stereocenters. The van der Waals surface area contributed by atoms with Gasteiger partial charge in [-0.25, -0.2) is 9.50 Å². The standard InChI is InChI=1S/C25H26N4O2/c1-17(16-26)13-18-5-7-19(8-6-18)14-24-27-25-4-2-3-21(29(25)28-24)20-9-10-22-23(15-20)31-12-11-30-22/h2-10,15,17H,11-14,16,26H2,1H3/t17-/m1/s1. The molecular weight excluding hydrogens is 388 g/mol. The first-order valence-corrected chi connectivity index (χ1v) is 10.7. The lowest BCUT2D eigenvalue weighted by atomic mass is 10.00. The number of benzene rings is 2. The lowest BCUT2D eigenvalue weighted by molar-refractivity contribution is 0.171. The van der Waals surface area contributed by atoms with Crippen LogP contribution >= 0.6 is 0 Å². The average Bonchev–Trinajstić information content (AvgIpc) is 3.22. The van der Waals surface area contributed by atoms with Crippen LogP contribution in [0.1, 0.15) is 23.9 Å². The van der Waals surface area contributed by atoms with Crippen molar-refractivity contribution < 1.29 is 9.47 Å². The molecule has 0 saturated heterocycles. The Morgan fingerprint density at radius 2 is 1.74 bits per heavy atom. The second kappa shape index (κ2) is 8.40. The van der Waals surface area contributed by atoms with Crippen molar-refractivity contribution in [1.29, 1.82) is 0 Å². The third-order valence-electron chi connectivity index (χ3n) is 5.61. The van der Waals surface area contributed by atoms with Gasteiger partial charge in [-0.05, 0) is 60.3 Å². The van der Waals surface area contributed by atoms with Crippen LogP contribution in [0.15, 0.2) is 60.7 Å². The summed E-state index contributed by atoms with van der Waals surface area (Å²) < 4.78 is 13.3. The summed E-state index contributed by atoms with van der Waals surface area (Å²) in [5.41, 5.74) is 11.1. The molecule has 158 valence electrons. The van der Waals surface area contributed by atoms with Gasteiger partial charge in [-0.15, -0.1) is 0 Å². The molecule has 1 aliphatic rings. The van der Waals surface area contributed by atoms with Crippen molar-refractivity contribution in [2.45, 2.75) is 19.8 Å². The van der Waals surface area contributed by atoms with Crippen LogP contribution < -0.4 is 15.2 Å². The van der Waals surface area contributed by atoms with Crippen molar-refractivity contribution in [3.05, 3.63) is 77.6 Å². The van der Waals surface area contributed by atoms with Gasteiger partial charge in [0.2, 0.25) is 0 Å². The van der Waals surface area contributed by atoms with E-state index in [4.69, 9.17) is 25.3 Å². The number of hydrogen-bond donors (Lipinski definition) is 1. The zero-order valence-corrected chi connectivity index (χ0v) is 17.6. The third-order valence-corrected chi connectivity index (χ3v) is 5.61. The highest BCUT2D eigenvalue weighted by atomic mass is 16.6. The minimum atomic E-state index is 0.491. The maximum absolute atomic E-state index is 5.75. The second-order valence-electron chi connectivity index (χ2n) is 8.11. The van der Waals surface area contributed by atoms with E-state index in [1.165, 1.54) is 11.1 Å². The predicted molar refractivity (Wildman–Crippen MR) is 121 cm³/mol. The second-order valence-corrected chi connectivity index (χ2v) is 8.11. The molecule has 0 spiro atoms. The molecule has 0 radical (unpaired) electrons. The van der Waals surface area contributed by atoms with Crippen LogP contribution in [0.3, 0.4) is 0 Å². The molecule has 0 bridgehead atoms. The van der Waals surface area contributed by atoms with Crippen LogP contribution in [0.4, 0.5) is 0 Å². The molecule has 6 heteroatoms. The van der Waals surface area contributed by atoms with Crippen molar-refractivity contribution in [1.82, 2.24) is 14.6 Å². The van der Waals surface area contributed by atoms with Crippen molar-refractivity contribution in [2.24, 2.45) is 11.7 Å². The van der Waals surface area contributed by atoms with E-state index in [1.807, 2.05) is 40.9 Å². The van der Waals surface area contributed by atoms with Crippen LogP contribution in [0.25, 0.3) is 16.9 Å². The summed E-state index contributed by atoms with van der Waals surface area (Å²) in [7, 11) is 0. The van der Waals surface area contributed by atoms with Crippen LogP contribution in [0.2, 0.25) is 0 Å². The Hall–Kier alpha value is -3.38. The van der Waals surface area contributed by atoms with Gasteiger partial charge >= 0.3 is 0 Å². The predicted octanol–water partition coefficient (Wildman–Crippen LogP) is 3.90. The van der Waals surface area contributed by atoms with Gasteiger partial charge in [0.05, 0.1) is 5.69 Å². The molecule has 2 aromatic carbocycles. The molecule has 0 amide bonds. The molecule has 3 heterocycles. The Bertz CT molecular complexity index is 1200. The molecule has 0 saturated carbocycles. The topological polar surface area (TPSA) is 74.7 Å². The summed E-state index contributed by atoms with van der Waals surface area (Å²) in [5, 5.41) is 4.80. The SMILES string of the molecule is C[C@@H](CN)Cc1ccc(Cc2nc3cccc(-c4ccc5c(c4)OCCO5)n3n2)cc1. The first kappa shape index (κ1) is 19.6. The highest BCUT2D eigenvalue weighted by Gasteiger charge is 2.15. The first-order valence-electron chi connectivity index (χ1n) is 10.7. The Balaban J connectivity index is 1.41. The molecule has 5 rings (SSSR count). The monoisotopic (exact) mass is 414 g/mol. The Kier molecular flexibility index (Phi) is 5.30. The minimum Gasteiger partial charge on any atom is -0.486 e. The summed E-state index contributed by atoms with van der Waals surface area (Å²) in [6, 6.07) is 20.7. The number of nitrogens with two attached hydrogens (primary N) is 1. The van der Waals surface area contributed by atoms with E-state index >= 15 is 0 Å². The third kappa shape index (κ3) is 4.11. The van der Waals surface area contributed by atoms with Gasteiger partial charge in [0.15, 0.2) is 23.0 Å². The maximum Gasteiger partial charge on any atom is 0.162 e. The van der Waals surface area contributed by atoms with E-state index in [-0.39, 0.29) is 0 Å². The van der Waals surface area contributed by atoms with Crippen molar-refractivity contribution in [2.75, 3.05) is 19.8 Å². The van der Waals surface area contributed by atoms with E-state index in [2.05, 4.69) is 31.2 Å². The van der Waals surface area contributed by atoms with Crippen LogP contribution in [0, 0.1) is 5.92 Å². The van der Waals surface area contributed by atoms with Gasteiger partial charge in [-0.2, -0.15) is 5.10 Å². The minimum absolute atomic E-state index is 0.491. The highest BCUT2D eigenvalue weighted by molar-refractivity contribution is 5.66. The van der Waals surface area contributed by atoms with Gasteiger partial charge < -0.3 is 15.2 Å². The zero-order chi connectivity index (χ0) is 21.2. The van der Waals surface area contributed by atoms with Crippen LogP contribution in [-0.2, 0) is 12.8 Å². The summed E-state index contributed by atoms with van der Waals surface area (Å²) >= 11 is 0. The quantitative estimate of drug-likeness (QED) is 0.518. The number of rotatable bonds is 6. The maximum atomic E-state index is 5.75. The number of nitrogens with zero attached hydrogens (tertiary/aromatic N) is 3. The molecule has 1 aliphatic heterocycles. The van der Waals surface area contributed by atoms with E-state index in [0.717, 1.165) is 40.6 Å². The molecule has 0 fully saturated rings. The van der Waals surface area contributed by atoms with E-state index in [1.54, 1.807) is 0 Å². The number of fused-ring (bicyclic) bond motifs is 2. The van der Waals surface area contributed by atoms with E-state index in [9.17, 15) is 0 Å². The fourth-order valence-electron chi connectivity index (χ4n) is 3.91. The average molecular weight is 415 g/mol. The molecule has 2 aromatic heterocycles. The number of aromatic nitrogens is 3. The fraction of sp³-hybridized carbons (Fsp3) is 0.280. The lowest BCUT2D eigenvalue weighted by Gasteiger charge is -2.19. The zero-order valence-electron chi connectivity index (χ0n) is 17.6. The molecule has 2 N–H and O–H groups in total. The number of hydrogen-bond acceptors (Lipinski definition) is 5. The van der Waals surface area contributed by atoms with Gasteiger partial charge in [0.1, 0.15) is 13.2 Å². The smallest absolute Gasteiger partial charge is 0.162 e. The summed E-state index contributed by atoms with van der Waals surface area (Å²) in [4.78, 5) is 4.75. The molecule has 0 unspecified atom stereocenters. The number of ether oxygens (including phenoxy) is 2. The lowest BCUT2D eigenvalue weighted by Crippen LogP contribution is -2.15. The molecule has 4 aromatic rings. The first-order chi connectivity index (χ1) is 15.2. The van der Waals surface area contributed by atoms with Crippen molar-refractivity contribution in [3.63, 3.8) is 0 Å². The Morgan fingerprint density at radius 3 is 2.55 bits per heavy atom. The molecule has 6 nitrogen and oxygen atoms in total.